The second-order valence-corrected chi connectivity index (χ2v) is 4.09. The highest BCUT2D eigenvalue weighted by Gasteiger charge is 2.09. The molecule has 0 fully saturated rings. The molecule has 102 valence electrons. The highest BCUT2D eigenvalue weighted by molar-refractivity contribution is 5.59. The second kappa shape index (κ2) is 6.48. The number of anilines is 1. The molecule has 0 aliphatic rings. The Kier molecular flexibility index (Phi) is 4.45. The summed E-state index contributed by atoms with van der Waals surface area (Å²) in [4.78, 5) is 12.7. The van der Waals surface area contributed by atoms with Gasteiger partial charge in [0.2, 0.25) is 5.95 Å². The van der Waals surface area contributed by atoms with Gasteiger partial charge in [-0.15, -0.1) is 0 Å². The Balaban J connectivity index is 2.41. The summed E-state index contributed by atoms with van der Waals surface area (Å²) in [6.07, 6.45) is 0.966. The minimum absolute atomic E-state index is 0.246. The second-order valence-electron chi connectivity index (χ2n) is 4.09. The van der Waals surface area contributed by atoms with Crippen LogP contribution in [0, 0.1) is 11.3 Å². The molecule has 0 saturated carbocycles. The quantitative estimate of drug-likeness (QED) is 0.896. The normalized spacial score (nSPS) is 9.85. The summed E-state index contributed by atoms with van der Waals surface area (Å²) in [6, 6.07) is 9.45. The van der Waals surface area contributed by atoms with Crippen LogP contribution in [0.3, 0.4) is 0 Å². The van der Waals surface area contributed by atoms with Crippen LogP contribution in [0.1, 0.15) is 18.9 Å². The summed E-state index contributed by atoms with van der Waals surface area (Å²) in [6.45, 7) is 2.83. The smallest absolute Gasteiger partial charge is 0.321 e. The Hall–Kier alpha value is -2.68. The predicted molar refractivity (Wildman–Crippen MR) is 75.3 cm³/mol. The highest BCUT2D eigenvalue weighted by atomic mass is 16.5. The summed E-state index contributed by atoms with van der Waals surface area (Å²) in [7, 11) is 1.51. The Morgan fingerprint density at radius 1 is 1.30 bits per heavy atom. The number of hydrogen-bond donors (Lipinski definition) is 1. The molecule has 6 nitrogen and oxygen atoms in total. The van der Waals surface area contributed by atoms with E-state index < -0.39 is 0 Å². The molecule has 0 bridgehead atoms. The Morgan fingerprint density at radius 3 is 2.85 bits per heavy atom. The predicted octanol–water partition coefficient (Wildman–Crippen LogP) is 2.24. The zero-order valence-corrected chi connectivity index (χ0v) is 11.4. The van der Waals surface area contributed by atoms with E-state index in [0.717, 1.165) is 18.5 Å². The van der Waals surface area contributed by atoms with Crippen molar-refractivity contribution in [3.05, 3.63) is 29.8 Å². The molecule has 0 aliphatic heterocycles. The molecule has 0 spiro atoms. The van der Waals surface area contributed by atoms with Gasteiger partial charge in [0, 0.05) is 12.1 Å². The number of nitrogens with one attached hydrogen (secondary N) is 1. The number of nitrogens with zero attached hydrogens (tertiary/aromatic N) is 4. The summed E-state index contributed by atoms with van der Waals surface area (Å²) < 4.78 is 5.09. The number of nitriles is 1. The monoisotopic (exact) mass is 269 g/mol. The van der Waals surface area contributed by atoms with Crippen molar-refractivity contribution in [3.8, 4) is 23.5 Å². The van der Waals surface area contributed by atoms with Crippen LogP contribution >= 0.6 is 0 Å². The van der Waals surface area contributed by atoms with Crippen molar-refractivity contribution < 1.29 is 4.74 Å². The number of aromatic nitrogens is 3. The zero-order valence-electron chi connectivity index (χ0n) is 11.4. The fraction of sp³-hybridized carbons (Fsp3) is 0.286. The van der Waals surface area contributed by atoms with E-state index in [9.17, 15) is 0 Å². The third kappa shape index (κ3) is 3.20. The molecule has 0 atom stereocenters. The van der Waals surface area contributed by atoms with Gasteiger partial charge in [-0.05, 0) is 18.6 Å². The van der Waals surface area contributed by atoms with Gasteiger partial charge in [0.25, 0.3) is 0 Å². The maximum absolute atomic E-state index is 8.94. The fourth-order valence-corrected chi connectivity index (χ4v) is 1.62. The van der Waals surface area contributed by atoms with Crippen molar-refractivity contribution in [2.75, 3.05) is 19.0 Å². The molecule has 2 rings (SSSR count). The first-order chi connectivity index (χ1) is 9.76. The van der Waals surface area contributed by atoms with Crippen LogP contribution < -0.4 is 10.1 Å². The average Bonchev–Trinajstić information content (AvgIpc) is 2.52. The molecule has 0 amide bonds. The van der Waals surface area contributed by atoms with Crippen LogP contribution in [-0.2, 0) is 0 Å². The number of benzene rings is 1. The zero-order chi connectivity index (χ0) is 14.4. The van der Waals surface area contributed by atoms with E-state index in [-0.39, 0.29) is 6.01 Å². The maximum atomic E-state index is 8.94. The molecule has 20 heavy (non-hydrogen) atoms. The van der Waals surface area contributed by atoms with E-state index >= 15 is 0 Å². The molecular formula is C14H15N5O. The van der Waals surface area contributed by atoms with Crippen LogP contribution in [0.2, 0.25) is 0 Å². The molecule has 0 radical (unpaired) electrons. The maximum Gasteiger partial charge on any atom is 0.321 e. The number of methoxy groups -OCH3 is 1. The lowest BCUT2D eigenvalue weighted by Crippen LogP contribution is -2.07. The Morgan fingerprint density at radius 2 is 2.15 bits per heavy atom. The molecule has 2 aromatic rings. The first-order valence-corrected chi connectivity index (χ1v) is 6.31. The van der Waals surface area contributed by atoms with E-state index in [1.165, 1.54) is 7.11 Å². The summed E-state index contributed by atoms with van der Waals surface area (Å²) in [5.74, 6) is 0.948. The summed E-state index contributed by atoms with van der Waals surface area (Å²) in [5.41, 5.74) is 1.31. The molecular weight excluding hydrogens is 254 g/mol. The van der Waals surface area contributed by atoms with Crippen LogP contribution in [0.15, 0.2) is 24.3 Å². The Labute approximate surface area is 117 Å². The molecule has 0 unspecified atom stereocenters. The Bertz CT molecular complexity index is 636. The lowest BCUT2D eigenvalue weighted by molar-refractivity contribution is 0.379. The van der Waals surface area contributed by atoms with Crippen LogP contribution in [0.4, 0.5) is 5.95 Å². The minimum atomic E-state index is 0.246. The van der Waals surface area contributed by atoms with Gasteiger partial charge >= 0.3 is 6.01 Å². The molecule has 1 aromatic heterocycles. The fourth-order valence-electron chi connectivity index (χ4n) is 1.62. The van der Waals surface area contributed by atoms with E-state index in [1.54, 1.807) is 18.2 Å². The first kappa shape index (κ1) is 13.7. The molecule has 1 heterocycles. The lowest BCUT2D eigenvalue weighted by atomic mass is 10.1. The molecule has 1 aromatic carbocycles. The van der Waals surface area contributed by atoms with Crippen molar-refractivity contribution >= 4 is 5.95 Å². The van der Waals surface area contributed by atoms with Crippen LogP contribution in [0.5, 0.6) is 6.01 Å². The van der Waals surface area contributed by atoms with Gasteiger partial charge in [0.1, 0.15) is 0 Å². The third-order valence-corrected chi connectivity index (χ3v) is 2.58. The van der Waals surface area contributed by atoms with Crippen molar-refractivity contribution in [2.45, 2.75) is 13.3 Å². The van der Waals surface area contributed by atoms with Gasteiger partial charge in [-0.3, -0.25) is 0 Å². The summed E-state index contributed by atoms with van der Waals surface area (Å²) >= 11 is 0. The third-order valence-electron chi connectivity index (χ3n) is 2.58. The van der Waals surface area contributed by atoms with Gasteiger partial charge in [-0.2, -0.15) is 20.2 Å². The average molecular weight is 269 g/mol. The first-order valence-electron chi connectivity index (χ1n) is 6.31. The molecule has 1 N–H and O–H groups in total. The van der Waals surface area contributed by atoms with Crippen molar-refractivity contribution in [2.24, 2.45) is 0 Å². The number of hydrogen-bond acceptors (Lipinski definition) is 6. The van der Waals surface area contributed by atoms with Crippen LogP contribution in [-0.4, -0.2) is 28.6 Å². The van der Waals surface area contributed by atoms with Crippen molar-refractivity contribution in [1.29, 1.82) is 5.26 Å². The number of ether oxygens (including phenoxy) is 1. The van der Waals surface area contributed by atoms with Gasteiger partial charge < -0.3 is 10.1 Å². The van der Waals surface area contributed by atoms with Crippen molar-refractivity contribution in [3.63, 3.8) is 0 Å². The SMILES string of the molecule is CCCNc1nc(OC)nc(-c2cccc(C#N)c2)n1. The highest BCUT2D eigenvalue weighted by Crippen LogP contribution is 2.19. The van der Waals surface area contributed by atoms with E-state index in [2.05, 4.69) is 33.3 Å². The van der Waals surface area contributed by atoms with E-state index in [0.29, 0.717) is 17.3 Å². The summed E-state index contributed by atoms with van der Waals surface area (Å²) in [5, 5.41) is 12.0. The number of rotatable bonds is 5. The van der Waals surface area contributed by atoms with E-state index in [1.807, 2.05) is 6.07 Å². The van der Waals surface area contributed by atoms with E-state index in [4.69, 9.17) is 10.00 Å². The van der Waals surface area contributed by atoms with Gasteiger partial charge in [0.15, 0.2) is 5.82 Å². The minimum Gasteiger partial charge on any atom is -0.467 e. The van der Waals surface area contributed by atoms with Crippen molar-refractivity contribution in [1.82, 2.24) is 15.0 Å². The standard InChI is InChI=1S/C14H15N5O/c1-3-7-16-13-17-12(18-14(19-13)20-2)11-6-4-5-10(8-11)9-15/h4-6,8H,3,7H2,1-2H3,(H,16,17,18,19). The molecule has 0 aliphatic carbocycles. The van der Waals surface area contributed by atoms with Gasteiger partial charge in [-0.25, -0.2) is 0 Å². The topological polar surface area (TPSA) is 83.7 Å². The van der Waals surface area contributed by atoms with Gasteiger partial charge in [0.05, 0.1) is 18.7 Å². The molecule has 6 heteroatoms. The molecule has 0 saturated heterocycles. The van der Waals surface area contributed by atoms with Crippen LogP contribution in [0.25, 0.3) is 11.4 Å². The van der Waals surface area contributed by atoms with Gasteiger partial charge in [-0.1, -0.05) is 19.1 Å². The lowest BCUT2D eigenvalue weighted by Gasteiger charge is -2.07. The largest absolute Gasteiger partial charge is 0.467 e.